The zero-order valence-electron chi connectivity index (χ0n) is 14.2. The fourth-order valence-corrected chi connectivity index (χ4v) is 2.29. The van der Waals surface area contributed by atoms with Crippen LogP contribution >= 0.6 is 0 Å². The smallest absolute Gasteiger partial charge is 0.399 e. The van der Waals surface area contributed by atoms with Gasteiger partial charge in [-0.1, -0.05) is 36.4 Å². The average Bonchev–Trinajstić information content (AvgIpc) is 2.65. The lowest BCUT2D eigenvalue weighted by atomic mass is 10.1. The minimum atomic E-state index is -0.537. The van der Waals surface area contributed by atoms with Gasteiger partial charge < -0.3 is 14.2 Å². The molecule has 25 heavy (non-hydrogen) atoms. The molecule has 6 heteroatoms. The Kier molecular flexibility index (Phi) is 7.26. The number of benzene rings is 2. The maximum absolute atomic E-state index is 11.1. The van der Waals surface area contributed by atoms with Crippen molar-refractivity contribution >= 4 is 5.97 Å². The van der Waals surface area contributed by atoms with E-state index in [0.29, 0.717) is 24.5 Å². The van der Waals surface area contributed by atoms with Gasteiger partial charge in [0.2, 0.25) is 5.39 Å². The van der Waals surface area contributed by atoms with Crippen molar-refractivity contribution in [3.63, 3.8) is 0 Å². The summed E-state index contributed by atoms with van der Waals surface area (Å²) in [5, 5.41) is 8.27. The largest absolute Gasteiger partial charge is 0.493 e. The molecule has 2 rings (SSSR count). The maximum atomic E-state index is 11.1. The summed E-state index contributed by atoms with van der Waals surface area (Å²) >= 11 is 0. The van der Waals surface area contributed by atoms with E-state index in [-0.39, 0.29) is 13.2 Å². The number of diazo groups is 1. The minimum absolute atomic E-state index is 0.281. The molecule has 0 atom stereocenters. The molecule has 2 aromatic rings. The van der Waals surface area contributed by atoms with Crippen molar-refractivity contribution in [1.29, 1.82) is 5.39 Å². The van der Waals surface area contributed by atoms with Crippen molar-refractivity contribution in [3.05, 3.63) is 64.6 Å². The van der Waals surface area contributed by atoms with Crippen LogP contribution in [0.3, 0.4) is 0 Å². The van der Waals surface area contributed by atoms with Gasteiger partial charge in [0.05, 0.1) is 13.7 Å². The number of methoxy groups -OCH3 is 1. The van der Waals surface area contributed by atoms with Crippen LogP contribution in [0.15, 0.2) is 48.5 Å². The molecule has 0 N–H and O–H groups in total. The monoisotopic (exact) mass is 341 g/mol. The van der Waals surface area contributed by atoms with Crippen molar-refractivity contribution in [2.75, 3.05) is 20.3 Å². The molecular formula is C19H21N2O4+. The lowest BCUT2D eigenvalue weighted by Crippen LogP contribution is -2.08. The summed E-state index contributed by atoms with van der Waals surface area (Å²) in [5.41, 5.74) is 2.15. The molecule has 0 radical (unpaired) electrons. The topological polar surface area (TPSA) is 72.9 Å². The molecule has 6 nitrogen and oxygen atoms in total. The van der Waals surface area contributed by atoms with Crippen molar-refractivity contribution in [2.24, 2.45) is 0 Å². The number of rotatable bonds is 9. The van der Waals surface area contributed by atoms with E-state index in [1.54, 1.807) is 7.11 Å². The normalized spacial score (nSPS) is 9.92. The molecule has 0 aliphatic heterocycles. The van der Waals surface area contributed by atoms with Gasteiger partial charge in [0.1, 0.15) is 11.6 Å². The summed E-state index contributed by atoms with van der Waals surface area (Å²) in [6, 6.07) is 15.7. The van der Waals surface area contributed by atoms with Crippen molar-refractivity contribution in [1.82, 2.24) is 0 Å². The third kappa shape index (κ3) is 6.15. The highest BCUT2D eigenvalue weighted by atomic mass is 16.5. The number of esters is 1. The van der Waals surface area contributed by atoms with Crippen LogP contribution in [0.25, 0.3) is 4.98 Å². The van der Waals surface area contributed by atoms with Crippen LogP contribution in [0.4, 0.5) is 0 Å². The highest BCUT2D eigenvalue weighted by molar-refractivity contribution is 5.73. The third-order valence-electron chi connectivity index (χ3n) is 3.54. The molecule has 0 aromatic heterocycles. The predicted octanol–water partition coefficient (Wildman–Crippen LogP) is 3.60. The number of nitrogens with zero attached hydrogens (tertiary/aromatic N) is 2. The van der Waals surface area contributed by atoms with Crippen LogP contribution in [-0.4, -0.2) is 26.2 Å². The molecule has 0 fully saturated rings. The van der Waals surface area contributed by atoms with Gasteiger partial charge in [0, 0.05) is 0 Å². The number of carbonyl (C=O) groups excluding carboxylic acids is 1. The fourth-order valence-electron chi connectivity index (χ4n) is 2.29. The standard InChI is InChI=1S/C19H21N2O4/c1-23-18-12-15(8-5-11-24-19(22)13-21-20)9-10-17(18)25-14-16-6-3-2-4-7-16/h2-4,6-7,9-10,12H,5,8,11,13-14H2,1H3/q+1. The lowest BCUT2D eigenvalue weighted by Gasteiger charge is -2.12. The van der Waals surface area contributed by atoms with E-state index in [2.05, 4.69) is 4.98 Å². The second-order valence-corrected chi connectivity index (χ2v) is 5.38. The predicted molar refractivity (Wildman–Crippen MR) is 93.0 cm³/mol. The Balaban J connectivity index is 1.86. The number of ether oxygens (including phenoxy) is 3. The van der Waals surface area contributed by atoms with Gasteiger partial charge in [-0.15, -0.1) is 0 Å². The highest BCUT2D eigenvalue weighted by Crippen LogP contribution is 2.29. The molecule has 130 valence electrons. The molecular weight excluding hydrogens is 320 g/mol. The van der Waals surface area contributed by atoms with Crippen LogP contribution in [0.1, 0.15) is 17.5 Å². The average molecular weight is 341 g/mol. The van der Waals surface area contributed by atoms with E-state index in [4.69, 9.17) is 19.6 Å². The van der Waals surface area contributed by atoms with Gasteiger partial charge in [-0.2, -0.15) is 0 Å². The molecule has 2 aromatic carbocycles. The van der Waals surface area contributed by atoms with E-state index in [1.165, 1.54) is 0 Å². The van der Waals surface area contributed by atoms with Crippen LogP contribution in [-0.2, 0) is 22.6 Å². The minimum Gasteiger partial charge on any atom is -0.493 e. The lowest BCUT2D eigenvalue weighted by molar-refractivity contribution is -0.141. The first-order valence-electron chi connectivity index (χ1n) is 8.03. The van der Waals surface area contributed by atoms with E-state index in [0.717, 1.165) is 17.5 Å². The number of hydrogen-bond acceptors (Lipinski definition) is 5. The summed E-state index contributed by atoms with van der Waals surface area (Å²) in [4.78, 5) is 13.8. The SMILES string of the molecule is COc1cc(CCCOC(=O)C[N+]#N)ccc1OCc1ccccc1. The molecule has 0 bridgehead atoms. The Morgan fingerprint density at radius 3 is 2.60 bits per heavy atom. The molecule has 0 aliphatic rings. The summed E-state index contributed by atoms with van der Waals surface area (Å²) in [6.45, 7) is 0.423. The van der Waals surface area contributed by atoms with E-state index >= 15 is 0 Å². The van der Waals surface area contributed by atoms with Crippen molar-refractivity contribution in [2.45, 2.75) is 19.4 Å². The van der Waals surface area contributed by atoms with Crippen molar-refractivity contribution < 1.29 is 19.0 Å². The fraction of sp³-hybridized carbons (Fsp3) is 0.316. The Bertz CT molecular complexity index is 726. The summed E-state index contributed by atoms with van der Waals surface area (Å²) in [5.74, 6) is 0.820. The van der Waals surface area contributed by atoms with Crippen LogP contribution < -0.4 is 9.47 Å². The molecule has 0 saturated carbocycles. The van der Waals surface area contributed by atoms with E-state index < -0.39 is 5.97 Å². The number of hydrogen-bond donors (Lipinski definition) is 0. The van der Waals surface area contributed by atoms with Gasteiger partial charge in [-0.3, -0.25) is 0 Å². The first-order chi connectivity index (χ1) is 12.2. The van der Waals surface area contributed by atoms with Crippen LogP contribution in [0.2, 0.25) is 0 Å². The van der Waals surface area contributed by atoms with Gasteiger partial charge in [-0.05, 0) is 36.1 Å². The zero-order chi connectivity index (χ0) is 17.9. The second-order valence-electron chi connectivity index (χ2n) is 5.38. The molecule has 0 unspecified atom stereocenters. The highest BCUT2D eigenvalue weighted by Gasteiger charge is 2.10. The Labute approximate surface area is 147 Å². The molecule has 0 aliphatic carbocycles. The zero-order valence-corrected chi connectivity index (χ0v) is 14.2. The third-order valence-corrected chi connectivity index (χ3v) is 3.54. The Morgan fingerprint density at radius 2 is 1.88 bits per heavy atom. The van der Waals surface area contributed by atoms with Gasteiger partial charge in [-0.25, -0.2) is 4.79 Å². The quantitative estimate of drug-likeness (QED) is 0.396. The summed E-state index contributed by atoms with van der Waals surface area (Å²) < 4.78 is 16.1. The first-order valence-corrected chi connectivity index (χ1v) is 8.03. The van der Waals surface area contributed by atoms with Gasteiger partial charge in [0.15, 0.2) is 11.5 Å². The van der Waals surface area contributed by atoms with Crippen LogP contribution in [0.5, 0.6) is 11.5 Å². The molecule has 0 heterocycles. The van der Waals surface area contributed by atoms with Crippen molar-refractivity contribution in [3.8, 4) is 11.5 Å². The number of carbonyl (C=O) groups is 1. The Morgan fingerprint density at radius 1 is 1.08 bits per heavy atom. The molecule has 0 saturated heterocycles. The van der Waals surface area contributed by atoms with E-state index in [9.17, 15) is 4.79 Å². The molecule has 0 amide bonds. The first kappa shape index (κ1) is 18.3. The van der Waals surface area contributed by atoms with Gasteiger partial charge in [0.25, 0.3) is 0 Å². The maximum Gasteiger partial charge on any atom is 0.399 e. The summed E-state index contributed by atoms with van der Waals surface area (Å²) in [6.07, 6.45) is 1.41. The Hall–Kier alpha value is -3.07. The van der Waals surface area contributed by atoms with Crippen LogP contribution in [0, 0.1) is 5.39 Å². The molecule has 0 spiro atoms. The van der Waals surface area contributed by atoms with E-state index in [1.807, 2.05) is 48.5 Å². The second kappa shape index (κ2) is 9.93. The van der Waals surface area contributed by atoms with Gasteiger partial charge >= 0.3 is 12.5 Å². The summed E-state index contributed by atoms with van der Waals surface area (Å²) in [7, 11) is 1.61. The number of aryl methyl sites for hydroxylation is 1.